The van der Waals surface area contributed by atoms with E-state index in [1.54, 1.807) is 19.1 Å². The van der Waals surface area contributed by atoms with Crippen LogP contribution < -0.4 is 5.73 Å². The summed E-state index contributed by atoms with van der Waals surface area (Å²) in [4.78, 5) is 30.8. The standard InChI is InChI=1S/C17H18N4O3.ClH/c1-9-4-5-11-12(8-9)15(23)21(14(11)22)10(2)13-19-16(20-24-13)17(18)6-3-7-17;/h4-5,8,10H,3,6-7,18H2,1-2H3;1H. The van der Waals surface area contributed by atoms with E-state index >= 15 is 0 Å². The number of halogens is 1. The number of carbonyl (C=O) groups excluding carboxylic acids is 2. The third-order valence-electron chi connectivity index (χ3n) is 4.95. The Bertz CT molecular complexity index is 859. The van der Waals surface area contributed by atoms with Gasteiger partial charge in [0.1, 0.15) is 6.04 Å². The number of imide groups is 1. The summed E-state index contributed by atoms with van der Waals surface area (Å²) in [6.07, 6.45) is 2.66. The maximum absolute atomic E-state index is 12.6. The van der Waals surface area contributed by atoms with Crippen molar-refractivity contribution >= 4 is 24.2 Å². The van der Waals surface area contributed by atoms with E-state index in [-0.39, 0.29) is 30.1 Å². The number of hydrogen-bond acceptors (Lipinski definition) is 6. The largest absolute Gasteiger partial charge is 0.337 e. The van der Waals surface area contributed by atoms with Crippen LogP contribution in [0.25, 0.3) is 0 Å². The van der Waals surface area contributed by atoms with E-state index < -0.39 is 11.6 Å². The van der Waals surface area contributed by atoms with Gasteiger partial charge in [0.15, 0.2) is 5.82 Å². The SMILES string of the molecule is Cc1ccc2c(c1)C(=O)N(C(C)c1nc(C3(N)CCC3)no1)C2=O.Cl. The second-order valence-corrected chi connectivity index (χ2v) is 6.67. The van der Waals surface area contributed by atoms with Gasteiger partial charge in [-0.25, -0.2) is 0 Å². The number of nitrogens with zero attached hydrogens (tertiary/aromatic N) is 3. The van der Waals surface area contributed by atoms with Crippen molar-refractivity contribution in [2.75, 3.05) is 0 Å². The molecule has 1 aromatic heterocycles. The van der Waals surface area contributed by atoms with Crippen LogP contribution in [-0.2, 0) is 5.54 Å². The molecule has 1 unspecified atom stereocenters. The number of fused-ring (bicyclic) bond motifs is 1. The predicted octanol–water partition coefficient (Wildman–Crippen LogP) is 2.49. The second kappa shape index (κ2) is 5.93. The minimum absolute atomic E-state index is 0. The molecule has 1 aliphatic carbocycles. The van der Waals surface area contributed by atoms with E-state index in [9.17, 15) is 9.59 Å². The minimum Gasteiger partial charge on any atom is -0.337 e. The van der Waals surface area contributed by atoms with Crippen LogP contribution in [0.1, 0.15) is 70.2 Å². The molecule has 1 aromatic carbocycles. The monoisotopic (exact) mass is 362 g/mol. The summed E-state index contributed by atoms with van der Waals surface area (Å²) in [6.45, 7) is 3.59. The van der Waals surface area contributed by atoms with Crippen molar-refractivity contribution in [2.45, 2.75) is 44.7 Å². The van der Waals surface area contributed by atoms with E-state index in [4.69, 9.17) is 10.3 Å². The molecule has 1 fully saturated rings. The number of carbonyl (C=O) groups is 2. The van der Waals surface area contributed by atoms with Crippen molar-refractivity contribution in [1.29, 1.82) is 0 Å². The number of benzene rings is 1. The van der Waals surface area contributed by atoms with Crippen molar-refractivity contribution < 1.29 is 14.1 Å². The van der Waals surface area contributed by atoms with E-state index in [1.807, 2.05) is 13.0 Å². The first-order valence-corrected chi connectivity index (χ1v) is 8.02. The van der Waals surface area contributed by atoms with E-state index in [0.29, 0.717) is 17.0 Å². The van der Waals surface area contributed by atoms with Gasteiger partial charge in [0.25, 0.3) is 11.8 Å². The lowest BCUT2D eigenvalue weighted by Crippen LogP contribution is -2.44. The van der Waals surface area contributed by atoms with E-state index in [1.165, 1.54) is 4.90 Å². The molecule has 7 nitrogen and oxygen atoms in total. The molecule has 2 N–H and O–H groups in total. The zero-order valence-electron chi connectivity index (χ0n) is 14.0. The summed E-state index contributed by atoms with van der Waals surface area (Å²) in [6, 6.07) is 4.59. The molecule has 2 aliphatic rings. The molecule has 132 valence electrons. The Labute approximate surface area is 151 Å². The van der Waals surface area contributed by atoms with Crippen LogP contribution in [-0.4, -0.2) is 26.9 Å². The summed E-state index contributed by atoms with van der Waals surface area (Å²) in [7, 11) is 0. The normalized spacial score (nSPS) is 19.2. The van der Waals surface area contributed by atoms with Crippen molar-refractivity contribution in [3.63, 3.8) is 0 Å². The van der Waals surface area contributed by atoms with Crippen LogP contribution in [0.5, 0.6) is 0 Å². The van der Waals surface area contributed by atoms with Crippen molar-refractivity contribution in [1.82, 2.24) is 15.0 Å². The molecule has 1 saturated carbocycles. The maximum Gasteiger partial charge on any atom is 0.262 e. The first-order valence-electron chi connectivity index (χ1n) is 8.02. The summed E-state index contributed by atoms with van der Waals surface area (Å²) < 4.78 is 5.29. The molecule has 2 aromatic rings. The Morgan fingerprint density at radius 1 is 1.24 bits per heavy atom. The molecule has 1 aliphatic heterocycles. The van der Waals surface area contributed by atoms with Gasteiger partial charge in [-0.05, 0) is 45.2 Å². The van der Waals surface area contributed by atoms with Crippen LogP contribution in [0, 0.1) is 6.92 Å². The predicted molar refractivity (Wildman–Crippen MR) is 91.4 cm³/mol. The van der Waals surface area contributed by atoms with Gasteiger partial charge in [-0.15, -0.1) is 12.4 Å². The first kappa shape index (κ1) is 17.6. The van der Waals surface area contributed by atoms with Gasteiger partial charge in [-0.3, -0.25) is 14.5 Å². The number of hydrogen-bond donors (Lipinski definition) is 1. The summed E-state index contributed by atoms with van der Waals surface area (Å²) >= 11 is 0. The Morgan fingerprint density at radius 3 is 2.56 bits per heavy atom. The van der Waals surface area contributed by atoms with Crippen LogP contribution >= 0.6 is 12.4 Å². The zero-order valence-corrected chi connectivity index (χ0v) is 14.8. The molecule has 4 rings (SSSR count). The number of aromatic nitrogens is 2. The number of rotatable bonds is 3. The van der Waals surface area contributed by atoms with Crippen LogP contribution in [0.2, 0.25) is 0 Å². The molecule has 0 saturated heterocycles. The van der Waals surface area contributed by atoms with Crippen molar-refractivity contribution in [3.8, 4) is 0 Å². The molecule has 0 spiro atoms. The molecule has 1 atom stereocenters. The molecule has 25 heavy (non-hydrogen) atoms. The van der Waals surface area contributed by atoms with Gasteiger partial charge in [-0.2, -0.15) is 4.98 Å². The van der Waals surface area contributed by atoms with Crippen LogP contribution in [0.4, 0.5) is 0 Å². The van der Waals surface area contributed by atoms with E-state index in [0.717, 1.165) is 24.8 Å². The fraction of sp³-hybridized carbons (Fsp3) is 0.412. The molecule has 0 radical (unpaired) electrons. The summed E-state index contributed by atoms with van der Waals surface area (Å²) in [5.74, 6) is 0.00131. The Morgan fingerprint density at radius 2 is 1.92 bits per heavy atom. The molecule has 2 amide bonds. The lowest BCUT2D eigenvalue weighted by molar-refractivity contribution is 0.0568. The molecular formula is C17H19ClN4O3. The second-order valence-electron chi connectivity index (χ2n) is 6.67. The van der Waals surface area contributed by atoms with Gasteiger partial charge < -0.3 is 10.3 Å². The zero-order chi connectivity index (χ0) is 17.1. The maximum atomic E-state index is 12.6. The van der Waals surface area contributed by atoms with Gasteiger partial charge in [0, 0.05) is 0 Å². The Balaban J connectivity index is 0.00000182. The van der Waals surface area contributed by atoms with Crippen molar-refractivity contribution in [3.05, 3.63) is 46.6 Å². The fourth-order valence-corrected chi connectivity index (χ4v) is 3.22. The van der Waals surface area contributed by atoms with Gasteiger partial charge in [0.2, 0.25) is 5.89 Å². The average molecular weight is 363 g/mol. The highest BCUT2D eigenvalue weighted by Gasteiger charge is 2.43. The third kappa shape index (κ3) is 2.54. The van der Waals surface area contributed by atoms with Crippen molar-refractivity contribution in [2.24, 2.45) is 5.73 Å². The highest BCUT2D eigenvalue weighted by atomic mass is 35.5. The fourth-order valence-electron chi connectivity index (χ4n) is 3.22. The lowest BCUT2D eigenvalue weighted by atomic mass is 9.77. The lowest BCUT2D eigenvalue weighted by Gasteiger charge is -2.34. The quantitative estimate of drug-likeness (QED) is 0.841. The highest BCUT2D eigenvalue weighted by Crippen LogP contribution is 2.38. The first-order chi connectivity index (χ1) is 11.4. The molecule has 0 bridgehead atoms. The van der Waals surface area contributed by atoms with Gasteiger partial charge >= 0.3 is 0 Å². The number of nitrogens with two attached hydrogens (primary N) is 1. The highest BCUT2D eigenvalue weighted by molar-refractivity contribution is 6.21. The van der Waals surface area contributed by atoms with Gasteiger partial charge in [-0.1, -0.05) is 16.8 Å². The van der Waals surface area contributed by atoms with Gasteiger partial charge in [0.05, 0.1) is 16.7 Å². The Kier molecular flexibility index (Phi) is 4.17. The van der Waals surface area contributed by atoms with Crippen LogP contribution in [0.3, 0.4) is 0 Å². The number of amides is 2. The third-order valence-corrected chi connectivity index (χ3v) is 4.95. The molecular weight excluding hydrogens is 344 g/mol. The smallest absolute Gasteiger partial charge is 0.262 e. The topological polar surface area (TPSA) is 102 Å². The molecule has 2 heterocycles. The molecule has 8 heteroatoms. The van der Waals surface area contributed by atoms with Crippen LogP contribution in [0.15, 0.2) is 22.7 Å². The average Bonchev–Trinajstić information content (AvgIpc) is 3.10. The summed E-state index contributed by atoms with van der Waals surface area (Å²) in [5, 5.41) is 3.96. The number of aryl methyl sites for hydroxylation is 1. The summed E-state index contributed by atoms with van der Waals surface area (Å²) in [5.41, 5.74) is 7.41. The Hall–Kier alpha value is -2.25. The minimum atomic E-state index is -0.636. The van der Waals surface area contributed by atoms with E-state index in [2.05, 4.69) is 10.1 Å².